The molecule has 3 unspecified atom stereocenters. The Hall–Kier alpha value is -0.610. The molecule has 4 nitrogen and oxygen atoms in total. The smallest absolute Gasteiger partial charge is 0.228 e. The Kier molecular flexibility index (Phi) is 4.08. The van der Waals surface area contributed by atoms with Crippen molar-refractivity contribution in [1.29, 1.82) is 0 Å². The summed E-state index contributed by atoms with van der Waals surface area (Å²) in [7, 11) is 0. The van der Waals surface area contributed by atoms with Gasteiger partial charge in [-0.2, -0.15) is 0 Å². The minimum atomic E-state index is 0.101. The van der Waals surface area contributed by atoms with E-state index in [2.05, 4.69) is 10.2 Å². The Morgan fingerprint density at radius 1 is 1.26 bits per heavy atom. The van der Waals surface area contributed by atoms with Gasteiger partial charge in [-0.05, 0) is 45.6 Å². The highest BCUT2D eigenvalue weighted by molar-refractivity contribution is 5.80. The summed E-state index contributed by atoms with van der Waals surface area (Å²) in [5.74, 6) is 0.448. The standard InChI is InChI=1S/C15H26N2O2/c1-11-14(7-9-19-11)15(18)17(13-5-6-13)10-12-4-2-3-8-16-12/h11-14,16H,2-10H2,1H3. The SMILES string of the molecule is CC1OCCC1C(=O)N(CC1CCCCN1)C1CC1. The number of piperidine rings is 1. The topological polar surface area (TPSA) is 41.6 Å². The Bertz CT molecular complexity index is 324. The highest BCUT2D eigenvalue weighted by atomic mass is 16.5. The molecule has 1 N–H and O–H groups in total. The van der Waals surface area contributed by atoms with Crippen molar-refractivity contribution in [2.75, 3.05) is 19.7 Å². The zero-order valence-electron chi connectivity index (χ0n) is 11.9. The van der Waals surface area contributed by atoms with Crippen LogP contribution < -0.4 is 5.32 Å². The summed E-state index contributed by atoms with van der Waals surface area (Å²) < 4.78 is 5.56. The molecule has 0 spiro atoms. The lowest BCUT2D eigenvalue weighted by molar-refractivity contribution is -0.138. The first-order chi connectivity index (χ1) is 9.25. The average Bonchev–Trinajstić information content (AvgIpc) is 3.18. The van der Waals surface area contributed by atoms with Crippen LogP contribution in [0.1, 0.15) is 45.4 Å². The molecule has 1 saturated carbocycles. The van der Waals surface area contributed by atoms with E-state index in [1.54, 1.807) is 0 Å². The van der Waals surface area contributed by atoms with E-state index in [1.165, 1.54) is 32.1 Å². The number of nitrogens with one attached hydrogen (secondary N) is 1. The normalized spacial score (nSPS) is 35.3. The maximum absolute atomic E-state index is 12.7. The van der Waals surface area contributed by atoms with Crippen molar-refractivity contribution in [2.24, 2.45) is 5.92 Å². The van der Waals surface area contributed by atoms with Crippen molar-refractivity contribution in [3.8, 4) is 0 Å². The maximum Gasteiger partial charge on any atom is 0.228 e. The van der Waals surface area contributed by atoms with Crippen molar-refractivity contribution in [2.45, 2.75) is 63.6 Å². The molecule has 0 aromatic carbocycles. The number of hydrogen-bond acceptors (Lipinski definition) is 3. The van der Waals surface area contributed by atoms with Crippen LogP contribution in [-0.2, 0) is 9.53 Å². The van der Waals surface area contributed by atoms with Crippen LogP contribution in [0.4, 0.5) is 0 Å². The van der Waals surface area contributed by atoms with Gasteiger partial charge in [0.25, 0.3) is 0 Å². The predicted molar refractivity (Wildman–Crippen MR) is 73.9 cm³/mol. The van der Waals surface area contributed by atoms with E-state index < -0.39 is 0 Å². The van der Waals surface area contributed by atoms with Crippen LogP contribution in [0.2, 0.25) is 0 Å². The first kappa shape index (κ1) is 13.4. The van der Waals surface area contributed by atoms with Gasteiger partial charge in [0.1, 0.15) is 0 Å². The van der Waals surface area contributed by atoms with Crippen LogP contribution in [0.25, 0.3) is 0 Å². The molecular weight excluding hydrogens is 240 g/mol. The van der Waals surface area contributed by atoms with Crippen molar-refractivity contribution >= 4 is 5.91 Å². The zero-order valence-corrected chi connectivity index (χ0v) is 11.9. The minimum Gasteiger partial charge on any atom is -0.378 e. The molecule has 0 aromatic rings. The number of hydrogen-bond donors (Lipinski definition) is 1. The Morgan fingerprint density at radius 3 is 2.68 bits per heavy atom. The molecule has 108 valence electrons. The van der Waals surface area contributed by atoms with Gasteiger partial charge in [0.15, 0.2) is 0 Å². The van der Waals surface area contributed by atoms with Gasteiger partial charge in [-0.25, -0.2) is 0 Å². The summed E-state index contributed by atoms with van der Waals surface area (Å²) in [6.07, 6.45) is 7.19. The van der Waals surface area contributed by atoms with Crippen LogP contribution in [-0.4, -0.2) is 48.7 Å². The Labute approximate surface area is 115 Å². The van der Waals surface area contributed by atoms with Crippen LogP contribution in [0.3, 0.4) is 0 Å². The van der Waals surface area contributed by atoms with E-state index in [9.17, 15) is 4.79 Å². The largest absolute Gasteiger partial charge is 0.378 e. The molecule has 2 saturated heterocycles. The van der Waals surface area contributed by atoms with Crippen molar-refractivity contribution in [3.63, 3.8) is 0 Å². The van der Waals surface area contributed by atoms with Crippen LogP contribution in [0.5, 0.6) is 0 Å². The quantitative estimate of drug-likeness (QED) is 0.839. The molecule has 19 heavy (non-hydrogen) atoms. The average molecular weight is 266 g/mol. The number of carbonyl (C=O) groups excluding carboxylic acids is 1. The minimum absolute atomic E-state index is 0.101. The molecule has 3 aliphatic rings. The Morgan fingerprint density at radius 2 is 2.11 bits per heavy atom. The number of carbonyl (C=O) groups is 1. The van der Waals surface area contributed by atoms with Gasteiger partial charge in [-0.15, -0.1) is 0 Å². The first-order valence-electron chi connectivity index (χ1n) is 7.91. The second-order valence-electron chi connectivity index (χ2n) is 6.34. The molecule has 2 aliphatic heterocycles. The number of nitrogens with zero attached hydrogens (tertiary/aromatic N) is 1. The highest BCUT2D eigenvalue weighted by Crippen LogP contribution is 2.32. The monoisotopic (exact) mass is 266 g/mol. The van der Waals surface area contributed by atoms with Gasteiger partial charge in [-0.1, -0.05) is 6.42 Å². The molecule has 0 aromatic heterocycles. The number of rotatable bonds is 4. The van der Waals surface area contributed by atoms with Gasteiger partial charge in [0, 0.05) is 25.2 Å². The molecular formula is C15H26N2O2. The molecule has 3 fully saturated rings. The van der Waals surface area contributed by atoms with Gasteiger partial charge in [0.2, 0.25) is 5.91 Å². The third-order valence-electron chi connectivity index (χ3n) is 4.79. The van der Waals surface area contributed by atoms with Crippen molar-refractivity contribution < 1.29 is 9.53 Å². The fourth-order valence-electron chi connectivity index (χ4n) is 3.39. The second-order valence-corrected chi connectivity index (χ2v) is 6.34. The van der Waals surface area contributed by atoms with E-state index in [1.807, 2.05) is 6.92 Å². The lowest BCUT2D eigenvalue weighted by atomic mass is 9.99. The molecule has 0 bridgehead atoms. The van der Waals surface area contributed by atoms with E-state index in [-0.39, 0.29) is 12.0 Å². The molecule has 3 rings (SSSR count). The van der Waals surface area contributed by atoms with Gasteiger partial charge < -0.3 is 15.0 Å². The summed E-state index contributed by atoms with van der Waals surface area (Å²) in [4.78, 5) is 14.9. The number of amides is 1. The predicted octanol–water partition coefficient (Wildman–Crippen LogP) is 1.54. The van der Waals surface area contributed by atoms with Crippen molar-refractivity contribution in [3.05, 3.63) is 0 Å². The summed E-state index contributed by atoms with van der Waals surface area (Å²) in [6, 6.07) is 1.03. The molecule has 4 heteroatoms. The van der Waals surface area contributed by atoms with E-state index in [0.717, 1.165) is 26.1 Å². The van der Waals surface area contributed by atoms with E-state index >= 15 is 0 Å². The maximum atomic E-state index is 12.7. The van der Waals surface area contributed by atoms with E-state index in [0.29, 0.717) is 18.0 Å². The van der Waals surface area contributed by atoms with Crippen LogP contribution >= 0.6 is 0 Å². The summed E-state index contributed by atoms with van der Waals surface area (Å²) in [5, 5.41) is 3.56. The van der Waals surface area contributed by atoms with E-state index in [4.69, 9.17) is 4.74 Å². The molecule has 3 atom stereocenters. The lowest BCUT2D eigenvalue weighted by Gasteiger charge is -2.32. The second kappa shape index (κ2) is 5.80. The molecule has 1 amide bonds. The third-order valence-corrected chi connectivity index (χ3v) is 4.79. The zero-order chi connectivity index (χ0) is 13.2. The van der Waals surface area contributed by atoms with Gasteiger partial charge >= 0.3 is 0 Å². The highest BCUT2D eigenvalue weighted by Gasteiger charge is 2.40. The fraction of sp³-hybridized carbons (Fsp3) is 0.933. The van der Waals surface area contributed by atoms with Crippen molar-refractivity contribution in [1.82, 2.24) is 10.2 Å². The molecule has 2 heterocycles. The fourth-order valence-corrected chi connectivity index (χ4v) is 3.39. The molecule has 1 aliphatic carbocycles. The number of ether oxygens (including phenoxy) is 1. The summed E-state index contributed by atoms with van der Waals surface area (Å²) >= 11 is 0. The third kappa shape index (κ3) is 3.11. The molecule has 0 radical (unpaired) electrons. The summed E-state index contributed by atoms with van der Waals surface area (Å²) in [6.45, 7) is 4.81. The van der Waals surface area contributed by atoms with Crippen LogP contribution in [0, 0.1) is 5.92 Å². The van der Waals surface area contributed by atoms with Crippen LogP contribution in [0.15, 0.2) is 0 Å². The Balaban J connectivity index is 1.61. The van der Waals surface area contributed by atoms with Gasteiger partial charge in [-0.3, -0.25) is 4.79 Å². The summed E-state index contributed by atoms with van der Waals surface area (Å²) in [5.41, 5.74) is 0. The lowest BCUT2D eigenvalue weighted by Crippen LogP contribution is -2.49. The first-order valence-corrected chi connectivity index (χ1v) is 7.91. The van der Waals surface area contributed by atoms with Gasteiger partial charge in [0.05, 0.1) is 12.0 Å².